The van der Waals surface area contributed by atoms with E-state index in [1.807, 2.05) is 0 Å². The molecule has 0 spiro atoms. The summed E-state index contributed by atoms with van der Waals surface area (Å²) in [6.45, 7) is 2.05. The van der Waals surface area contributed by atoms with Crippen LogP contribution in [0, 0.1) is 5.82 Å². The molecule has 1 heterocycles. The van der Waals surface area contributed by atoms with Crippen molar-refractivity contribution in [2.24, 2.45) is 5.10 Å². The minimum atomic E-state index is -0.551. The fraction of sp³-hybridized carbons (Fsp3) is 0.348. The van der Waals surface area contributed by atoms with Crippen LogP contribution in [0.5, 0.6) is 11.5 Å². The molecule has 1 N–H and O–H groups in total. The van der Waals surface area contributed by atoms with Crippen LogP contribution < -0.4 is 14.8 Å². The first-order chi connectivity index (χ1) is 15.4. The number of carbonyl (C=O) groups excluding carboxylic acids is 2. The summed E-state index contributed by atoms with van der Waals surface area (Å²) < 4.78 is 25.3. The van der Waals surface area contributed by atoms with Crippen LogP contribution in [0.15, 0.2) is 47.6 Å². The number of hydrogen-bond acceptors (Lipinski definition) is 5. The number of amides is 3. The van der Waals surface area contributed by atoms with Gasteiger partial charge in [-0.2, -0.15) is 5.10 Å². The molecule has 1 aliphatic rings. The number of rotatable bonds is 7. The molecule has 0 aliphatic carbocycles. The van der Waals surface area contributed by atoms with Gasteiger partial charge >= 0.3 is 6.03 Å². The third kappa shape index (κ3) is 4.82. The fourth-order valence-electron chi connectivity index (χ4n) is 3.57. The molecule has 0 saturated carbocycles. The van der Waals surface area contributed by atoms with Crippen molar-refractivity contribution in [3.63, 3.8) is 0 Å². The smallest absolute Gasteiger partial charge is 0.317 e. The second kappa shape index (κ2) is 10.1. The zero-order valence-electron chi connectivity index (χ0n) is 18.6. The SMILES string of the molecule is CCNC(=O)N(C)CC(=O)N1N=C(c2ccccc2F)C[C@@H]1c1cc(OC)ccc1OC. The number of ether oxygens (including phenoxy) is 2. The molecule has 32 heavy (non-hydrogen) atoms. The molecule has 1 aliphatic heterocycles. The maximum absolute atomic E-state index is 14.5. The van der Waals surface area contributed by atoms with Crippen LogP contribution in [0.1, 0.15) is 30.5 Å². The third-order valence-electron chi connectivity index (χ3n) is 5.19. The average molecular weight is 442 g/mol. The lowest BCUT2D eigenvalue weighted by Crippen LogP contribution is -2.43. The summed E-state index contributed by atoms with van der Waals surface area (Å²) in [5.74, 6) is 0.318. The quantitative estimate of drug-likeness (QED) is 0.714. The minimum absolute atomic E-state index is 0.192. The van der Waals surface area contributed by atoms with Gasteiger partial charge < -0.3 is 19.7 Å². The van der Waals surface area contributed by atoms with Gasteiger partial charge in [0, 0.05) is 31.1 Å². The standard InChI is InChI=1S/C23H27FN4O4/c1-5-25-23(30)27(2)14-22(29)28-20(17-12-15(31-3)10-11-21(17)32-4)13-19(26-28)16-8-6-7-9-18(16)24/h6-12,20H,5,13-14H2,1-4H3,(H,25,30)/t20-/m1/s1. The highest BCUT2D eigenvalue weighted by Crippen LogP contribution is 2.39. The Bertz CT molecular complexity index is 1030. The molecule has 0 aromatic heterocycles. The number of carbonyl (C=O) groups is 2. The van der Waals surface area contributed by atoms with E-state index in [1.165, 1.54) is 30.1 Å². The molecule has 0 bridgehead atoms. The molecule has 1 atom stereocenters. The highest BCUT2D eigenvalue weighted by atomic mass is 19.1. The Balaban J connectivity index is 1.99. The topological polar surface area (TPSA) is 83.5 Å². The maximum atomic E-state index is 14.5. The van der Waals surface area contributed by atoms with E-state index >= 15 is 0 Å². The number of halogens is 1. The molecule has 3 rings (SSSR count). The van der Waals surface area contributed by atoms with Gasteiger partial charge in [0.15, 0.2) is 0 Å². The lowest BCUT2D eigenvalue weighted by Gasteiger charge is -2.26. The van der Waals surface area contributed by atoms with Gasteiger partial charge in [-0.3, -0.25) is 4.79 Å². The normalized spacial score (nSPS) is 15.2. The predicted molar refractivity (Wildman–Crippen MR) is 118 cm³/mol. The van der Waals surface area contributed by atoms with Crippen LogP contribution in [0.2, 0.25) is 0 Å². The molecule has 2 aromatic rings. The average Bonchev–Trinajstić information content (AvgIpc) is 3.24. The van der Waals surface area contributed by atoms with Gasteiger partial charge in [-0.1, -0.05) is 18.2 Å². The first kappa shape index (κ1) is 23.1. The highest BCUT2D eigenvalue weighted by molar-refractivity contribution is 6.03. The molecule has 3 amide bonds. The number of likely N-dealkylation sites (N-methyl/N-ethyl adjacent to an activating group) is 1. The predicted octanol–water partition coefficient (Wildman–Crippen LogP) is 3.18. The Morgan fingerprint density at radius 1 is 1.22 bits per heavy atom. The van der Waals surface area contributed by atoms with Gasteiger partial charge in [0.25, 0.3) is 5.91 Å². The lowest BCUT2D eigenvalue weighted by atomic mass is 9.97. The second-order valence-corrected chi connectivity index (χ2v) is 7.28. The van der Waals surface area contributed by atoms with Crippen molar-refractivity contribution in [2.45, 2.75) is 19.4 Å². The van der Waals surface area contributed by atoms with E-state index in [0.29, 0.717) is 34.9 Å². The van der Waals surface area contributed by atoms with E-state index in [-0.39, 0.29) is 19.0 Å². The monoisotopic (exact) mass is 442 g/mol. The molecule has 0 unspecified atom stereocenters. The van der Waals surface area contributed by atoms with Crippen molar-refractivity contribution >= 4 is 17.6 Å². The van der Waals surface area contributed by atoms with Gasteiger partial charge in [0.05, 0.1) is 26.0 Å². The van der Waals surface area contributed by atoms with E-state index in [1.54, 1.807) is 50.4 Å². The first-order valence-corrected chi connectivity index (χ1v) is 10.2. The van der Waals surface area contributed by atoms with E-state index < -0.39 is 17.8 Å². The number of methoxy groups -OCH3 is 2. The van der Waals surface area contributed by atoms with Gasteiger partial charge in [0.2, 0.25) is 0 Å². The van der Waals surface area contributed by atoms with E-state index in [0.717, 1.165) is 0 Å². The molecule has 9 heteroatoms. The summed E-state index contributed by atoms with van der Waals surface area (Å²) >= 11 is 0. The Morgan fingerprint density at radius 2 is 1.97 bits per heavy atom. The minimum Gasteiger partial charge on any atom is -0.497 e. The van der Waals surface area contributed by atoms with Crippen LogP contribution in [0.25, 0.3) is 0 Å². The lowest BCUT2D eigenvalue weighted by molar-refractivity contribution is -0.133. The van der Waals surface area contributed by atoms with Crippen LogP contribution in [-0.2, 0) is 4.79 Å². The number of hydrogen-bond donors (Lipinski definition) is 1. The summed E-state index contributed by atoms with van der Waals surface area (Å²) in [5, 5.41) is 8.43. The third-order valence-corrected chi connectivity index (χ3v) is 5.19. The summed E-state index contributed by atoms with van der Waals surface area (Å²) in [6, 6.07) is 10.7. The zero-order chi connectivity index (χ0) is 23.3. The van der Waals surface area contributed by atoms with Crippen molar-refractivity contribution < 1.29 is 23.5 Å². The molecule has 2 aromatic carbocycles. The van der Waals surface area contributed by atoms with E-state index in [2.05, 4.69) is 10.4 Å². The molecular weight excluding hydrogens is 415 g/mol. The van der Waals surface area contributed by atoms with Crippen LogP contribution in [-0.4, -0.2) is 61.9 Å². The van der Waals surface area contributed by atoms with Gasteiger partial charge in [0.1, 0.15) is 23.9 Å². The van der Waals surface area contributed by atoms with Crippen molar-refractivity contribution in [1.29, 1.82) is 0 Å². The summed E-state index contributed by atoms with van der Waals surface area (Å²) in [7, 11) is 4.61. The number of nitrogens with zero attached hydrogens (tertiary/aromatic N) is 3. The van der Waals surface area contributed by atoms with Gasteiger partial charge in [-0.15, -0.1) is 0 Å². The van der Waals surface area contributed by atoms with E-state index in [4.69, 9.17) is 9.47 Å². The molecule has 8 nitrogen and oxygen atoms in total. The Morgan fingerprint density at radius 3 is 2.62 bits per heavy atom. The maximum Gasteiger partial charge on any atom is 0.317 e. The summed E-state index contributed by atoms with van der Waals surface area (Å²) in [4.78, 5) is 26.6. The van der Waals surface area contributed by atoms with Gasteiger partial charge in [-0.05, 0) is 31.2 Å². The van der Waals surface area contributed by atoms with Crippen LogP contribution in [0.3, 0.4) is 0 Å². The van der Waals surface area contributed by atoms with Gasteiger partial charge in [-0.25, -0.2) is 14.2 Å². The van der Waals surface area contributed by atoms with Crippen LogP contribution in [0.4, 0.5) is 9.18 Å². The molecular formula is C23H27FN4O4. The molecule has 0 fully saturated rings. The molecule has 170 valence electrons. The first-order valence-electron chi connectivity index (χ1n) is 10.2. The zero-order valence-corrected chi connectivity index (χ0v) is 18.6. The van der Waals surface area contributed by atoms with Crippen molar-refractivity contribution in [1.82, 2.24) is 15.2 Å². The van der Waals surface area contributed by atoms with Crippen molar-refractivity contribution in [2.75, 3.05) is 34.4 Å². The molecule has 0 saturated heterocycles. The van der Waals surface area contributed by atoms with Crippen LogP contribution >= 0.6 is 0 Å². The summed E-state index contributed by atoms with van der Waals surface area (Å²) in [6.07, 6.45) is 0.279. The Kier molecular flexibility index (Phi) is 7.29. The Labute approximate surface area is 186 Å². The van der Waals surface area contributed by atoms with E-state index in [9.17, 15) is 14.0 Å². The molecule has 0 radical (unpaired) electrons. The number of urea groups is 1. The van der Waals surface area contributed by atoms with Crippen molar-refractivity contribution in [3.8, 4) is 11.5 Å². The highest BCUT2D eigenvalue weighted by Gasteiger charge is 2.36. The summed E-state index contributed by atoms with van der Waals surface area (Å²) in [5.41, 5.74) is 1.44. The fourth-order valence-corrected chi connectivity index (χ4v) is 3.57. The second-order valence-electron chi connectivity index (χ2n) is 7.28. The Hall–Kier alpha value is -3.62. The number of benzene rings is 2. The van der Waals surface area contributed by atoms with Crippen molar-refractivity contribution in [3.05, 3.63) is 59.4 Å². The number of hydrazone groups is 1. The number of nitrogens with one attached hydrogen (secondary N) is 1. The largest absolute Gasteiger partial charge is 0.497 e.